The van der Waals surface area contributed by atoms with Gasteiger partial charge in [0, 0.05) is 19.0 Å². The van der Waals surface area contributed by atoms with E-state index in [4.69, 9.17) is 0 Å². The first kappa shape index (κ1) is 11.6. The normalized spacial score (nSPS) is 10.7. The monoisotopic (exact) mass is 233 g/mol. The molecular formula is C12H15N3O2. The van der Waals surface area contributed by atoms with E-state index in [-0.39, 0.29) is 12.5 Å². The third-order valence-corrected chi connectivity index (χ3v) is 2.62. The number of para-hydroxylation sites is 1. The first-order valence-electron chi connectivity index (χ1n) is 5.40. The Morgan fingerprint density at radius 2 is 2.24 bits per heavy atom. The number of benzene rings is 1. The number of hydrogen-bond donors (Lipinski definition) is 1. The summed E-state index contributed by atoms with van der Waals surface area (Å²) in [5, 5.41) is 8.53. The molecule has 0 bridgehead atoms. The van der Waals surface area contributed by atoms with Crippen molar-refractivity contribution in [1.82, 2.24) is 15.1 Å². The second-order valence-electron chi connectivity index (χ2n) is 3.77. The molecule has 1 N–H and O–H groups in total. The SMILES string of the molecule is COC(=O)CNCc1nn(C)c2ccccc12. The Kier molecular flexibility index (Phi) is 3.39. The summed E-state index contributed by atoms with van der Waals surface area (Å²) in [7, 11) is 3.28. The average molecular weight is 233 g/mol. The summed E-state index contributed by atoms with van der Waals surface area (Å²) in [6, 6.07) is 8.01. The largest absolute Gasteiger partial charge is 0.468 e. The maximum absolute atomic E-state index is 11.0. The number of rotatable bonds is 4. The molecule has 5 heteroatoms. The second kappa shape index (κ2) is 4.97. The number of aromatic nitrogens is 2. The van der Waals surface area contributed by atoms with E-state index in [0.717, 1.165) is 16.6 Å². The molecular weight excluding hydrogens is 218 g/mol. The van der Waals surface area contributed by atoms with Crippen LogP contribution in [0.1, 0.15) is 5.69 Å². The highest BCUT2D eigenvalue weighted by Gasteiger charge is 2.07. The van der Waals surface area contributed by atoms with Gasteiger partial charge in [-0.1, -0.05) is 18.2 Å². The molecule has 0 spiro atoms. The summed E-state index contributed by atoms with van der Waals surface area (Å²) in [4.78, 5) is 11.0. The Bertz CT molecular complexity index is 534. The van der Waals surface area contributed by atoms with Crippen molar-refractivity contribution in [2.24, 2.45) is 7.05 Å². The van der Waals surface area contributed by atoms with E-state index in [9.17, 15) is 4.79 Å². The fraction of sp³-hybridized carbons (Fsp3) is 0.333. The van der Waals surface area contributed by atoms with E-state index in [1.54, 1.807) is 0 Å². The minimum Gasteiger partial charge on any atom is -0.468 e. The Balaban J connectivity index is 2.11. The van der Waals surface area contributed by atoms with E-state index < -0.39 is 0 Å². The number of aryl methyl sites for hydroxylation is 1. The van der Waals surface area contributed by atoms with Crippen molar-refractivity contribution in [3.8, 4) is 0 Å². The van der Waals surface area contributed by atoms with Crippen LogP contribution in [-0.2, 0) is 23.1 Å². The summed E-state index contributed by atoms with van der Waals surface area (Å²) < 4.78 is 6.39. The quantitative estimate of drug-likeness (QED) is 0.795. The van der Waals surface area contributed by atoms with Crippen molar-refractivity contribution in [2.45, 2.75) is 6.54 Å². The predicted molar refractivity (Wildman–Crippen MR) is 64.4 cm³/mol. The summed E-state index contributed by atoms with van der Waals surface area (Å²) in [5.41, 5.74) is 2.02. The van der Waals surface area contributed by atoms with Gasteiger partial charge in [0.2, 0.25) is 0 Å². The summed E-state index contributed by atoms with van der Waals surface area (Å²) in [6.07, 6.45) is 0. The van der Waals surface area contributed by atoms with Crippen molar-refractivity contribution < 1.29 is 9.53 Å². The van der Waals surface area contributed by atoms with Crippen molar-refractivity contribution in [1.29, 1.82) is 0 Å². The third-order valence-electron chi connectivity index (χ3n) is 2.62. The number of nitrogens with zero attached hydrogens (tertiary/aromatic N) is 2. The van der Waals surface area contributed by atoms with E-state index in [1.165, 1.54) is 7.11 Å². The van der Waals surface area contributed by atoms with Crippen LogP contribution in [0.25, 0.3) is 10.9 Å². The topological polar surface area (TPSA) is 56.1 Å². The molecule has 90 valence electrons. The minimum atomic E-state index is -0.273. The fourth-order valence-electron chi connectivity index (χ4n) is 1.77. The van der Waals surface area contributed by atoms with Gasteiger partial charge in [-0.3, -0.25) is 9.48 Å². The van der Waals surface area contributed by atoms with Crippen LogP contribution in [0, 0.1) is 0 Å². The lowest BCUT2D eigenvalue weighted by molar-refractivity contribution is -0.139. The highest BCUT2D eigenvalue weighted by Crippen LogP contribution is 2.16. The summed E-state index contributed by atoms with van der Waals surface area (Å²) >= 11 is 0. The summed E-state index contributed by atoms with van der Waals surface area (Å²) in [6.45, 7) is 0.748. The van der Waals surface area contributed by atoms with Crippen LogP contribution in [-0.4, -0.2) is 29.4 Å². The highest BCUT2D eigenvalue weighted by molar-refractivity contribution is 5.81. The Morgan fingerprint density at radius 1 is 1.47 bits per heavy atom. The highest BCUT2D eigenvalue weighted by atomic mass is 16.5. The first-order valence-corrected chi connectivity index (χ1v) is 5.40. The predicted octanol–water partition coefficient (Wildman–Crippen LogP) is 0.836. The van der Waals surface area contributed by atoms with Gasteiger partial charge in [0.1, 0.15) is 0 Å². The minimum absolute atomic E-state index is 0.196. The molecule has 1 heterocycles. The zero-order valence-corrected chi connectivity index (χ0v) is 9.93. The first-order chi connectivity index (χ1) is 8.22. The lowest BCUT2D eigenvalue weighted by Gasteiger charge is -2.00. The average Bonchev–Trinajstić information content (AvgIpc) is 2.67. The van der Waals surface area contributed by atoms with Crippen LogP contribution >= 0.6 is 0 Å². The standard InChI is InChI=1S/C12H15N3O2/c1-15-11-6-4-3-5-9(11)10(14-15)7-13-8-12(16)17-2/h3-6,13H,7-8H2,1-2H3. The molecule has 17 heavy (non-hydrogen) atoms. The third kappa shape index (κ3) is 2.45. The number of methoxy groups -OCH3 is 1. The van der Waals surface area contributed by atoms with Crippen LogP contribution in [0.4, 0.5) is 0 Å². The van der Waals surface area contributed by atoms with E-state index in [1.807, 2.05) is 36.0 Å². The molecule has 0 fully saturated rings. The number of esters is 1. The van der Waals surface area contributed by atoms with Gasteiger partial charge in [0.25, 0.3) is 0 Å². The smallest absolute Gasteiger partial charge is 0.319 e. The van der Waals surface area contributed by atoms with E-state index in [0.29, 0.717) is 6.54 Å². The number of fused-ring (bicyclic) bond motifs is 1. The lowest BCUT2D eigenvalue weighted by Crippen LogP contribution is -2.23. The van der Waals surface area contributed by atoms with Gasteiger partial charge in [0.15, 0.2) is 0 Å². The van der Waals surface area contributed by atoms with Gasteiger partial charge in [-0.15, -0.1) is 0 Å². The van der Waals surface area contributed by atoms with Crippen LogP contribution in [0.15, 0.2) is 24.3 Å². The molecule has 0 unspecified atom stereocenters. The number of carbonyl (C=O) groups excluding carboxylic acids is 1. The molecule has 0 amide bonds. The molecule has 0 saturated carbocycles. The molecule has 0 saturated heterocycles. The van der Waals surface area contributed by atoms with Crippen LogP contribution < -0.4 is 5.32 Å². The van der Waals surface area contributed by atoms with Crippen LogP contribution in [0.2, 0.25) is 0 Å². The van der Waals surface area contributed by atoms with Gasteiger partial charge in [-0.05, 0) is 6.07 Å². The van der Waals surface area contributed by atoms with Gasteiger partial charge >= 0.3 is 5.97 Å². The van der Waals surface area contributed by atoms with Crippen LogP contribution in [0.5, 0.6) is 0 Å². The molecule has 5 nitrogen and oxygen atoms in total. The van der Waals surface area contributed by atoms with Crippen molar-refractivity contribution in [3.05, 3.63) is 30.0 Å². The van der Waals surface area contributed by atoms with Crippen molar-refractivity contribution in [3.63, 3.8) is 0 Å². The zero-order valence-electron chi connectivity index (χ0n) is 9.93. The number of hydrogen-bond acceptors (Lipinski definition) is 4. The van der Waals surface area contributed by atoms with Gasteiger partial charge < -0.3 is 10.1 Å². The molecule has 2 aromatic rings. The van der Waals surface area contributed by atoms with Crippen molar-refractivity contribution >= 4 is 16.9 Å². The Morgan fingerprint density at radius 3 is 3.00 bits per heavy atom. The molecule has 1 aromatic heterocycles. The molecule has 0 aliphatic rings. The van der Waals surface area contributed by atoms with E-state index in [2.05, 4.69) is 15.2 Å². The van der Waals surface area contributed by atoms with Crippen molar-refractivity contribution in [2.75, 3.05) is 13.7 Å². The number of ether oxygens (including phenoxy) is 1. The van der Waals surface area contributed by atoms with Gasteiger partial charge in [-0.25, -0.2) is 0 Å². The molecule has 0 aliphatic carbocycles. The lowest BCUT2D eigenvalue weighted by atomic mass is 10.2. The van der Waals surface area contributed by atoms with Gasteiger partial charge in [-0.2, -0.15) is 5.10 Å². The molecule has 0 radical (unpaired) electrons. The maximum Gasteiger partial charge on any atom is 0.319 e. The molecule has 0 aliphatic heterocycles. The van der Waals surface area contributed by atoms with Crippen LogP contribution in [0.3, 0.4) is 0 Å². The van der Waals surface area contributed by atoms with E-state index >= 15 is 0 Å². The number of nitrogens with one attached hydrogen (secondary N) is 1. The Labute approximate surface area is 99.4 Å². The van der Waals surface area contributed by atoms with Gasteiger partial charge in [0.05, 0.1) is 24.9 Å². The molecule has 1 aromatic carbocycles. The molecule has 0 atom stereocenters. The number of carbonyl (C=O) groups is 1. The zero-order chi connectivity index (χ0) is 12.3. The second-order valence-corrected chi connectivity index (χ2v) is 3.77. The Hall–Kier alpha value is -1.88. The fourth-order valence-corrected chi connectivity index (χ4v) is 1.77. The molecule has 2 rings (SSSR count). The summed E-state index contributed by atoms with van der Waals surface area (Å²) in [5.74, 6) is -0.273. The maximum atomic E-state index is 11.0.